The third-order valence-corrected chi connectivity index (χ3v) is 2.03. The van der Waals surface area contributed by atoms with Crippen molar-refractivity contribution in [3.63, 3.8) is 0 Å². The van der Waals surface area contributed by atoms with E-state index in [1.807, 2.05) is 0 Å². The Bertz CT molecular complexity index is 299. The van der Waals surface area contributed by atoms with Gasteiger partial charge in [-0.3, -0.25) is 4.98 Å². The highest BCUT2D eigenvalue weighted by Gasteiger charge is 2.39. The SMILES string of the molecule is OC1(c2ncccc2F)CNC1. The van der Waals surface area contributed by atoms with Gasteiger partial charge in [-0.2, -0.15) is 0 Å². The Morgan fingerprint density at radius 1 is 1.58 bits per heavy atom. The number of nitrogens with zero attached hydrogens (tertiary/aromatic N) is 1. The second kappa shape index (κ2) is 2.50. The Morgan fingerprint density at radius 3 is 2.83 bits per heavy atom. The molecule has 1 aromatic heterocycles. The molecule has 1 aliphatic heterocycles. The van der Waals surface area contributed by atoms with Crippen molar-refractivity contribution in [2.75, 3.05) is 13.1 Å². The molecule has 3 nitrogen and oxygen atoms in total. The molecular formula is C8H9FN2O. The van der Waals surface area contributed by atoms with Gasteiger partial charge in [0.1, 0.15) is 17.1 Å². The summed E-state index contributed by atoms with van der Waals surface area (Å²) in [6.07, 6.45) is 1.48. The van der Waals surface area contributed by atoms with E-state index in [9.17, 15) is 9.50 Å². The normalized spacial score (nSPS) is 20.2. The van der Waals surface area contributed by atoms with Crippen molar-refractivity contribution in [1.29, 1.82) is 0 Å². The molecule has 0 unspecified atom stereocenters. The second-order valence-electron chi connectivity index (χ2n) is 2.97. The minimum absolute atomic E-state index is 0.142. The summed E-state index contributed by atoms with van der Waals surface area (Å²) in [5, 5.41) is 12.6. The van der Waals surface area contributed by atoms with E-state index >= 15 is 0 Å². The topological polar surface area (TPSA) is 45.2 Å². The van der Waals surface area contributed by atoms with Crippen LogP contribution in [0.5, 0.6) is 0 Å². The van der Waals surface area contributed by atoms with Crippen molar-refractivity contribution in [3.05, 3.63) is 29.8 Å². The molecular weight excluding hydrogens is 159 g/mol. The van der Waals surface area contributed by atoms with Crippen LogP contribution in [0.15, 0.2) is 18.3 Å². The lowest BCUT2D eigenvalue weighted by atomic mass is 9.92. The number of hydrogen-bond donors (Lipinski definition) is 2. The summed E-state index contributed by atoms with van der Waals surface area (Å²) in [7, 11) is 0. The van der Waals surface area contributed by atoms with Crippen LogP contribution in [0.25, 0.3) is 0 Å². The van der Waals surface area contributed by atoms with Crippen LogP contribution in [-0.2, 0) is 5.60 Å². The number of hydrogen-bond acceptors (Lipinski definition) is 3. The summed E-state index contributed by atoms with van der Waals surface area (Å²) in [5.41, 5.74) is -0.950. The maximum atomic E-state index is 13.1. The second-order valence-corrected chi connectivity index (χ2v) is 2.97. The molecule has 12 heavy (non-hydrogen) atoms. The minimum atomic E-state index is -1.09. The average Bonchev–Trinajstić information content (AvgIpc) is 2.01. The van der Waals surface area contributed by atoms with E-state index < -0.39 is 11.4 Å². The molecule has 0 aliphatic carbocycles. The van der Waals surface area contributed by atoms with Crippen LogP contribution in [0.2, 0.25) is 0 Å². The van der Waals surface area contributed by atoms with Crippen LogP contribution in [0.1, 0.15) is 5.69 Å². The molecule has 0 spiro atoms. The first kappa shape index (κ1) is 7.64. The van der Waals surface area contributed by atoms with Gasteiger partial charge < -0.3 is 10.4 Å². The molecule has 0 atom stereocenters. The first-order valence-electron chi connectivity index (χ1n) is 3.76. The van der Waals surface area contributed by atoms with Crippen LogP contribution < -0.4 is 5.32 Å². The summed E-state index contributed by atoms with van der Waals surface area (Å²) >= 11 is 0. The molecule has 0 bridgehead atoms. The van der Waals surface area contributed by atoms with Gasteiger partial charge in [-0.1, -0.05) is 0 Å². The molecule has 1 aliphatic rings. The summed E-state index contributed by atoms with van der Waals surface area (Å²) < 4.78 is 13.1. The van der Waals surface area contributed by atoms with E-state index in [2.05, 4.69) is 10.3 Å². The quantitative estimate of drug-likeness (QED) is 0.621. The monoisotopic (exact) mass is 168 g/mol. The van der Waals surface area contributed by atoms with Crippen molar-refractivity contribution in [2.45, 2.75) is 5.60 Å². The number of β-amino-alcohol motifs (C(OH)–C–C–N with tert-alkyl or cyclic N) is 1. The first-order chi connectivity index (χ1) is 5.72. The largest absolute Gasteiger partial charge is 0.381 e. The third-order valence-electron chi connectivity index (χ3n) is 2.03. The van der Waals surface area contributed by atoms with E-state index in [0.717, 1.165) is 0 Å². The lowest BCUT2D eigenvalue weighted by molar-refractivity contribution is -0.0218. The van der Waals surface area contributed by atoms with Gasteiger partial charge in [0.25, 0.3) is 0 Å². The van der Waals surface area contributed by atoms with Crippen molar-refractivity contribution in [2.24, 2.45) is 0 Å². The van der Waals surface area contributed by atoms with Crippen LogP contribution in [0.3, 0.4) is 0 Å². The number of pyridine rings is 1. The van der Waals surface area contributed by atoms with Gasteiger partial charge in [-0.15, -0.1) is 0 Å². The van der Waals surface area contributed by atoms with Crippen molar-refractivity contribution >= 4 is 0 Å². The minimum Gasteiger partial charge on any atom is -0.381 e. The molecule has 1 aromatic rings. The Morgan fingerprint density at radius 2 is 2.33 bits per heavy atom. The fourth-order valence-electron chi connectivity index (χ4n) is 1.26. The third kappa shape index (κ3) is 1.00. The lowest BCUT2D eigenvalue weighted by Crippen LogP contribution is -2.57. The van der Waals surface area contributed by atoms with Gasteiger partial charge in [0.05, 0.1) is 0 Å². The summed E-state index contributed by atoms with van der Waals surface area (Å²) in [4.78, 5) is 3.81. The van der Waals surface area contributed by atoms with Crippen LogP contribution in [-0.4, -0.2) is 23.2 Å². The zero-order chi connectivity index (χ0) is 8.60. The van der Waals surface area contributed by atoms with Crippen molar-refractivity contribution in [3.8, 4) is 0 Å². The number of rotatable bonds is 1. The maximum absolute atomic E-state index is 13.1. The van der Waals surface area contributed by atoms with Crippen LogP contribution >= 0.6 is 0 Å². The molecule has 64 valence electrons. The number of aliphatic hydroxyl groups is 1. The summed E-state index contributed by atoms with van der Waals surface area (Å²) in [6, 6.07) is 2.81. The van der Waals surface area contributed by atoms with Gasteiger partial charge in [0, 0.05) is 19.3 Å². The number of nitrogens with one attached hydrogen (secondary N) is 1. The molecule has 0 radical (unpaired) electrons. The molecule has 0 aromatic carbocycles. The Labute approximate surface area is 69.2 Å². The van der Waals surface area contributed by atoms with Gasteiger partial charge in [0.2, 0.25) is 0 Å². The average molecular weight is 168 g/mol. The molecule has 0 saturated carbocycles. The van der Waals surface area contributed by atoms with Gasteiger partial charge in [-0.05, 0) is 12.1 Å². The van der Waals surface area contributed by atoms with Crippen molar-refractivity contribution in [1.82, 2.24) is 10.3 Å². The van der Waals surface area contributed by atoms with Gasteiger partial charge >= 0.3 is 0 Å². The highest BCUT2D eigenvalue weighted by atomic mass is 19.1. The van der Waals surface area contributed by atoms with Crippen LogP contribution in [0.4, 0.5) is 4.39 Å². The predicted molar refractivity (Wildman–Crippen MR) is 41.0 cm³/mol. The number of aromatic nitrogens is 1. The molecule has 2 N–H and O–H groups in total. The zero-order valence-electron chi connectivity index (χ0n) is 6.42. The fourth-order valence-corrected chi connectivity index (χ4v) is 1.26. The van der Waals surface area contributed by atoms with Gasteiger partial charge in [-0.25, -0.2) is 4.39 Å². The standard InChI is InChI=1S/C8H9FN2O/c9-6-2-1-3-11-7(6)8(12)4-10-5-8/h1-3,10,12H,4-5H2. The van der Waals surface area contributed by atoms with Crippen molar-refractivity contribution < 1.29 is 9.50 Å². The van der Waals surface area contributed by atoms with E-state index in [1.54, 1.807) is 0 Å². The summed E-state index contributed by atoms with van der Waals surface area (Å²) in [6.45, 7) is 0.752. The number of halogens is 1. The lowest BCUT2D eigenvalue weighted by Gasteiger charge is -2.36. The smallest absolute Gasteiger partial charge is 0.147 e. The molecule has 2 heterocycles. The molecule has 1 fully saturated rings. The highest BCUT2D eigenvalue weighted by molar-refractivity contribution is 5.19. The first-order valence-corrected chi connectivity index (χ1v) is 3.76. The van der Waals surface area contributed by atoms with Gasteiger partial charge in [0.15, 0.2) is 0 Å². The van der Waals surface area contributed by atoms with E-state index in [4.69, 9.17) is 0 Å². The van der Waals surface area contributed by atoms with E-state index in [1.165, 1.54) is 18.3 Å². The van der Waals surface area contributed by atoms with E-state index in [0.29, 0.717) is 13.1 Å². The summed E-state index contributed by atoms with van der Waals surface area (Å²) in [5.74, 6) is -0.443. The molecule has 0 amide bonds. The Kier molecular flexibility index (Phi) is 1.59. The molecule has 1 saturated heterocycles. The Balaban J connectivity index is 2.39. The van der Waals surface area contributed by atoms with E-state index in [-0.39, 0.29) is 5.69 Å². The van der Waals surface area contributed by atoms with Crippen LogP contribution in [0, 0.1) is 5.82 Å². The highest BCUT2D eigenvalue weighted by Crippen LogP contribution is 2.24. The maximum Gasteiger partial charge on any atom is 0.147 e. The molecule has 4 heteroatoms. The fraction of sp³-hybridized carbons (Fsp3) is 0.375. The molecule has 2 rings (SSSR count). The zero-order valence-corrected chi connectivity index (χ0v) is 6.42. The predicted octanol–water partition coefficient (Wildman–Crippen LogP) is 0.0115. The Hall–Kier alpha value is -1.00.